The lowest BCUT2D eigenvalue weighted by molar-refractivity contribution is 0.646. The zero-order valence-corrected chi connectivity index (χ0v) is 12.2. The second kappa shape index (κ2) is 5.49. The van der Waals surface area contributed by atoms with E-state index >= 15 is 0 Å². The van der Waals surface area contributed by atoms with Crippen molar-refractivity contribution in [1.29, 1.82) is 0 Å². The summed E-state index contributed by atoms with van der Waals surface area (Å²) >= 11 is 0. The minimum atomic E-state index is -1.38. The van der Waals surface area contributed by atoms with Crippen LogP contribution >= 0.6 is 0 Å². The van der Waals surface area contributed by atoms with Gasteiger partial charge in [0.1, 0.15) is 0 Å². The fourth-order valence-corrected chi connectivity index (χ4v) is 6.34. The van der Waals surface area contributed by atoms with Gasteiger partial charge < -0.3 is 0 Å². The van der Waals surface area contributed by atoms with E-state index in [-0.39, 0.29) is 0 Å². The highest BCUT2D eigenvalue weighted by Crippen LogP contribution is 2.31. The molecule has 0 fully saturated rings. The molecule has 0 aliphatic heterocycles. The standard InChI is InChI=1S/C15H24Si/c1-6-10-15(13(2)3)16(4,5)14-11-8-7-9-12-14/h6-13,15H,1-5H3/b10-6-. The third kappa shape index (κ3) is 2.85. The van der Waals surface area contributed by atoms with Gasteiger partial charge in [-0.2, -0.15) is 0 Å². The molecular weight excluding hydrogens is 208 g/mol. The normalized spacial score (nSPS) is 14.6. The summed E-state index contributed by atoms with van der Waals surface area (Å²) in [5, 5.41) is 1.56. The largest absolute Gasteiger partial charge is 0.0917 e. The highest BCUT2D eigenvalue weighted by molar-refractivity contribution is 6.91. The molecule has 1 heteroatoms. The molecule has 0 amide bonds. The molecule has 0 heterocycles. The number of allylic oxidation sites excluding steroid dienone is 2. The van der Waals surface area contributed by atoms with Crippen LogP contribution in [0.3, 0.4) is 0 Å². The van der Waals surface area contributed by atoms with Crippen LogP contribution in [0.4, 0.5) is 0 Å². The van der Waals surface area contributed by atoms with Crippen LogP contribution in [0.25, 0.3) is 0 Å². The molecule has 88 valence electrons. The van der Waals surface area contributed by atoms with Gasteiger partial charge in [0, 0.05) is 0 Å². The summed E-state index contributed by atoms with van der Waals surface area (Å²) in [6.45, 7) is 11.8. The Morgan fingerprint density at radius 3 is 2.06 bits per heavy atom. The molecule has 0 radical (unpaired) electrons. The van der Waals surface area contributed by atoms with E-state index in [0.29, 0.717) is 0 Å². The molecule has 16 heavy (non-hydrogen) atoms. The molecule has 0 aliphatic rings. The van der Waals surface area contributed by atoms with Crippen LogP contribution in [-0.2, 0) is 0 Å². The second-order valence-electron chi connectivity index (χ2n) is 5.38. The summed E-state index contributed by atoms with van der Waals surface area (Å²) in [6, 6.07) is 11.0. The van der Waals surface area contributed by atoms with E-state index in [1.165, 1.54) is 0 Å². The van der Waals surface area contributed by atoms with Crippen molar-refractivity contribution in [3.05, 3.63) is 42.5 Å². The van der Waals surface area contributed by atoms with E-state index in [1.54, 1.807) is 5.19 Å². The molecule has 1 atom stereocenters. The molecule has 1 unspecified atom stereocenters. The first-order valence-corrected chi connectivity index (χ1v) is 9.26. The maximum absolute atomic E-state index is 2.48. The minimum absolute atomic E-state index is 0.720. The predicted molar refractivity (Wildman–Crippen MR) is 77.0 cm³/mol. The Bertz CT molecular complexity index is 336. The van der Waals surface area contributed by atoms with Crippen molar-refractivity contribution < 1.29 is 0 Å². The molecule has 0 saturated carbocycles. The highest BCUT2D eigenvalue weighted by Gasteiger charge is 2.33. The first-order chi connectivity index (χ1) is 7.50. The van der Waals surface area contributed by atoms with Gasteiger partial charge in [-0.25, -0.2) is 0 Å². The lowest BCUT2D eigenvalue weighted by atomic mass is 10.1. The Hall–Kier alpha value is -0.823. The first-order valence-electron chi connectivity index (χ1n) is 6.18. The number of benzene rings is 1. The molecule has 0 spiro atoms. The average Bonchev–Trinajstić information content (AvgIpc) is 2.26. The fourth-order valence-electron chi connectivity index (χ4n) is 2.56. The van der Waals surface area contributed by atoms with Crippen LogP contribution in [0, 0.1) is 5.92 Å². The van der Waals surface area contributed by atoms with Crippen LogP contribution in [0.5, 0.6) is 0 Å². The van der Waals surface area contributed by atoms with Crippen molar-refractivity contribution in [2.75, 3.05) is 0 Å². The Morgan fingerprint density at radius 2 is 1.62 bits per heavy atom. The molecule has 0 N–H and O–H groups in total. The van der Waals surface area contributed by atoms with Gasteiger partial charge >= 0.3 is 0 Å². The lowest BCUT2D eigenvalue weighted by Gasteiger charge is -2.34. The summed E-state index contributed by atoms with van der Waals surface area (Å²) in [7, 11) is -1.38. The van der Waals surface area contributed by atoms with E-state index in [4.69, 9.17) is 0 Å². The highest BCUT2D eigenvalue weighted by atomic mass is 28.3. The Balaban J connectivity index is 3.07. The number of hydrogen-bond acceptors (Lipinski definition) is 0. The molecule has 0 aliphatic carbocycles. The van der Waals surface area contributed by atoms with Crippen LogP contribution in [0.15, 0.2) is 42.5 Å². The summed E-state index contributed by atoms with van der Waals surface area (Å²) in [6.07, 6.45) is 4.62. The SMILES string of the molecule is C/C=C\C(C(C)C)[Si](C)(C)c1ccccc1. The maximum Gasteiger partial charge on any atom is 0.0876 e. The summed E-state index contributed by atoms with van der Waals surface area (Å²) < 4.78 is 0. The van der Waals surface area contributed by atoms with E-state index < -0.39 is 8.07 Å². The molecule has 0 nitrogen and oxygen atoms in total. The molecule has 1 aromatic rings. The Kier molecular flexibility index (Phi) is 4.54. The molecule has 1 rings (SSSR count). The van der Waals surface area contributed by atoms with Crippen molar-refractivity contribution in [2.24, 2.45) is 5.92 Å². The quantitative estimate of drug-likeness (QED) is 0.539. The summed E-state index contributed by atoms with van der Waals surface area (Å²) in [4.78, 5) is 0. The minimum Gasteiger partial charge on any atom is -0.0917 e. The molecule has 0 bridgehead atoms. The zero-order chi connectivity index (χ0) is 12.2. The van der Waals surface area contributed by atoms with E-state index in [2.05, 4.69) is 76.3 Å². The third-order valence-corrected chi connectivity index (χ3v) is 7.82. The monoisotopic (exact) mass is 232 g/mol. The van der Waals surface area contributed by atoms with E-state index in [0.717, 1.165) is 11.5 Å². The first kappa shape index (κ1) is 13.2. The van der Waals surface area contributed by atoms with Crippen LogP contribution in [0.2, 0.25) is 18.6 Å². The second-order valence-corrected chi connectivity index (χ2v) is 10.1. The third-order valence-electron chi connectivity index (χ3n) is 3.47. The average molecular weight is 232 g/mol. The molecular formula is C15H24Si. The fraction of sp³-hybridized carbons (Fsp3) is 0.467. The van der Waals surface area contributed by atoms with Gasteiger partial charge in [-0.1, -0.05) is 74.6 Å². The zero-order valence-electron chi connectivity index (χ0n) is 11.2. The van der Waals surface area contributed by atoms with E-state index in [1.807, 2.05) is 0 Å². The Morgan fingerprint density at radius 1 is 1.06 bits per heavy atom. The Labute approximate surface area is 101 Å². The van der Waals surface area contributed by atoms with Gasteiger partial charge in [-0.05, 0) is 18.4 Å². The van der Waals surface area contributed by atoms with Crippen LogP contribution in [-0.4, -0.2) is 8.07 Å². The predicted octanol–water partition coefficient (Wildman–Crippen LogP) is 4.20. The number of rotatable bonds is 4. The molecule has 1 aromatic carbocycles. The van der Waals surface area contributed by atoms with Gasteiger partial charge in [0.05, 0.1) is 8.07 Å². The van der Waals surface area contributed by atoms with Gasteiger partial charge in [0.2, 0.25) is 0 Å². The lowest BCUT2D eigenvalue weighted by Crippen LogP contribution is -2.47. The maximum atomic E-state index is 2.48. The van der Waals surface area contributed by atoms with Gasteiger partial charge in [-0.15, -0.1) is 0 Å². The van der Waals surface area contributed by atoms with Crippen LogP contribution < -0.4 is 5.19 Å². The number of hydrogen-bond donors (Lipinski definition) is 0. The van der Waals surface area contributed by atoms with Gasteiger partial charge in [0.15, 0.2) is 0 Å². The molecule has 0 aromatic heterocycles. The summed E-state index contributed by atoms with van der Waals surface area (Å²) in [5.74, 6) is 0.720. The van der Waals surface area contributed by atoms with Crippen molar-refractivity contribution in [3.63, 3.8) is 0 Å². The van der Waals surface area contributed by atoms with Crippen molar-refractivity contribution in [3.8, 4) is 0 Å². The van der Waals surface area contributed by atoms with Crippen molar-refractivity contribution >= 4 is 13.3 Å². The van der Waals surface area contributed by atoms with Crippen LogP contribution in [0.1, 0.15) is 20.8 Å². The molecule has 0 saturated heterocycles. The van der Waals surface area contributed by atoms with Gasteiger partial charge in [0.25, 0.3) is 0 Å². The smallest absolute Gasteiger partial charge is 0.0876 e. The van der Waals surface area contributed by atoms with E-state index in [9.17, 15) is 0 Å². The topological polar surface area (TPSA) is 0 Å². The van der Waals surface area contributed by atoms with Gasteiger partial charge in [-0.3, -0.25) is 0 Å². The van der Waals surface area contributed by atoms with Crippen molar-refractivity contribution in [2.45, 2.75) is 39.4 Å². The van der Waals surface area contributed by atoms with Crippen molar-refractivity contribution in [1.82, 2.24) is 0 Å². The summed E-state index contributed by atoms with van der Waals surface area (Å²) in [5.41, 5.74) is 0.722.